The number of furan rings is 1. The summed E-state index contributed by atoms with van der Waals surface area (Å²) in [5.41, 5.74) is 0.829. The minimum Gasteiger partial charge on any atom is -0.451 e. The molecular weight excluding hydrogens is 367 g/mol. The number of nitro groups is 1. The number of nitrogens with one attached hydrogen (secondary N) is 1. The van der Waals surface area contributed by atoms with Crippen LogP contribution in [0.15, 0.2) is 59.0 Å². The molecule has 0 saturated heterocycles. The SMILES string of the molecule is O=C(Nc1ccc(Cl)cc1Cl)c1ccc(-c2cccc([N+](=O)[O-])c2)o1. The Kier molecular flexibility index (Phi) is 4.74. The summed E-state index contributed by atoms with van der Waals surface area (Å²) in [5.74, 6) is -0.107. The Morgan fingerprint density at radius 2 is 1.88 bits per heavy atom. The van der Waals surface area contributed by atoms with Crippen LogP contribution >= 0.6 is 23.2 Å². The van der Waals surface area contributed by atoms with Crippen LogP contribution in [0.1, 0.15) is 10.6 Å². The Bertz CT molecular complexity index is 969. The van der Waals surface area contributed by atoms with E-state index < -0.39 is 10.8 Å². The molecule has 0 saturated carbocycles. The predicted octanol–water partition coefficient (Wildman–Crippen LogP) is 5.41. The molecule has 0 aliphatic rings. The highest BCUT2D eigenvalue weighted by molar-refractivity contribution is 6.36. The number of carbonyl (C=O) groups excluding carboxylic acids is 1. The van der Waals surface area contributed by atoms with E-state index in [0.29, 0.717) is 27.1 Å². The third kappa shape index (κ3) is 3.81. The van der Waals surface area contributed by atoms with Gasteiger partial charge in [0.1, 0.15) is 5.76 Å². The molecule has 0 aliphatic carbocycles. The van der Waals surface area contributed by atoms with E-state index in [1.807, 2.05) is 0 Å². The highest BCUT2D eigenvalue weighted by atomic mass is 35.5. The molecule has 1 heterocycles. The molecule has 8 heteroatoms. The molecule has 0 aliphatic heterocycles. The molecule has 0 bridgehead atoms. The van der Waals surface area contributed by atoms with Crippen LogP contribution < -0.4 is 5.32 Å². The van der Waals surface area contributed by atoms with Gasteiger partial charge in [-0.1, -0.05) is 35.3 Å². The Balaban J connectivity index is 1.82. The Morgan fingerprint density at radius 1 is 1.08 bits per heavy atom. The number of benzene rings is 2. The summed E-state index contributed by atoms with van der Waals surface area (Å²) in [6, 6.07) is 13.7. The number of rotatable bonds is 4. The van der Waals surface area contributed by atoms with Crippen LogP contribution in [0.2, 0.25) is 10.0 Å². The van der Waals surface area contributed by atoms with E-state index >= 15 is 0 Å². The van der Waals surface area contributed by atoms with E-state index in [4.69, 9.17) is 27.6 Å². The number of nitrogens with zero attached hydrogens (tertiary/aromatic N) is 1. The molecule has 0 spiro atoms. The predicted molar refractivity (Wildman–Crippen MR) is 95.2 cm³/mol. The molecule has 25 heavy (non-hydrogen) atoms. The van der Waals surface area contributed by atoms with Crippen molar-refractivity contribution in [3.8, 4) is 11.3 Å². The molecule has 1 aromatic heterocycles. The lowest BCUT2D eigenvalue weighted by molar-refractivity contribution is -0.384. The quantitative estimate of drug-likeness (QED) is 0.486. The Hall–Kier alpha value is -2.83. The van der Waals surface area contributed by atoms with Crippen LogP contribution in [-0.2, 0) is 0 Å². The van der Waals surface area contributed by atoms with E-state index in [9.17, 15) is 14.9 Å². The van der Waals surface area contributed by atoms with E-state index in [0.717, 1.165) is 0 Å². The maximum absolute atomic E-state index is 12.3. The van der Waals surface area contributed by atoms with E-state index in [2.05, 4.69) is 5.32 Å². The van der Waals surface area contributed by atoms with Gasteiger partial charge in [-0.15, -0.1) is 0 Å². The third-order valence-corrected chi connectivity index (χ3v) is 3.90. The topological polar surface area (TPSA) is 85.4 Å². The monoisotopic (exact) mass is 376 g/mol. The number of halogens is 2. The number of anilines is 1. The molecule has 1 N–H and O–H groups in total. The Morgan fingerprint density at radius 3 is 2.60 bits per heavy atom. The molecule has 0 radical (unpaired) electrons. The van der Waals surface area contributed by atoms with Gasteiger partial charge < -0.3 is 9.73 Å². The minimum atomic E-state index is -0.499. The zero-order valence-electron chi connectivity index (χ0n) is 12.5. The fraction of sp³-hybridized carbons (Fsp3) is 0. The Labute approximate surface area is 152 Å². The van der Waals surface area contributed by atoms with Gasteiger partial charge in [-0.3, -0.25) is 14.9 Å². The largest absolute Gasteiger partial charge is 0.451 e. The van der Waals surface area contributed by atoms with Crippen molar-refractivity contribution in [2.45, 2.75) is 0 Å². The zero-order valence-corrected chi connectivity index (χ0v) is 14.0. The molecular formula is C17H10Cl2N2O4. The molecule has 6 nitrogen and oxygen atoms in total. The minimum absolute atomic E-state index is 0.0486. The fourth-order valence-corrected chi connectivity index (χ4v) is 2.62. The number of hydrogen-bond acceptors (Lipinski definition) is 4. The molecule has 0 unspecified atom stereocenters. The van der Waals surface area contributed by atoms with Crippen molar-refractivity contribution in [1.82, 2.24) is 0 Å². The van der Waals surface area contributed by atoms with Gasteiger partial charge in [-0.2, -0.15) is 0 Å². The molecule has 0 fully saturated rings. The molecule has 3 aromatic rings. The molecule has 0 atom stereocenters. The molecule has 3 rings (SSSR count). The first kappa shape index (κ1) is 17.0. The van der Waals surface area contributed by atoms with E-state index in [-0.39, 0.29) is 11.4 Å². The normalized spacial score (nSPS) is 10.5. The maximum Gasteiger partial charge on any atom is 0.291 e. The van der Waals surface area contributed by atoms with Crippen molar-refractivity contribution in [3.05, 3.63) is 80.5 Å². The summed E-state index contributed by atoms with van der Waals surface area (Å²) in [6.45, 7) is 0. The van der Waals surface area contributed by atoms with Gasteiger partial charge in [-0.05, 0) is 30.3 Å². The van der Waals surface area contributed by atoms with Crippen LogP contribution in [0, 0.1) is 10.1 Å². The number of non-ortho nitro benzene ring substituents is 1. The molecule has 1 amide bonds. The summed E-state index contributed by atoms with van der Waals surface area (Å²) in [6.07, 6.45) is 0. The first-order chi connectivity index (χ1) is 11.9. The number of hydrogen-bond donors (Lipinski definition) is 1. The summed E-state index contributed by atoms with van der Waals surface area (Å²) in [7, 11) is 0. The second-order valence-corrected chi connectivity index (χ2v) is 5.89. The van der Waals surface area contributed by atoms with Gasteiger partial charge in [-0.25, -0.2) is 0 Å². The third-order valence-electron chi connectivity index (χ3n) is 3.35. The highest BCUT2D eigenvalue weighted by Gasteiger charge is 2.15. The summed E-state index contributed by atoms with van der Waals surface area (Å²) in [5, 5.41) is 14.2. The molecule has 2 aromatic carbocycles. The second-order valence-electron chi connectivity index (χ2n) is 5.05. The maximum atomic E-state index is 12.3. The van der Waals surface area contributed by atoms with Crippen molar-refractivity contribution >= 4 is 40.5 Å². The van der Waals surface area contributed by atoms with Gasteiger partial charge in [0.15, 0.2) is 5.76 Å². The standard InChI is InChI=1S/C17H10Cl2N2O4/c18-11-4-5-14(13(19)9-11)20-17(22)16-7-6-15(25-16)10-2-1-3-12(8-10)21(23)24/h1-9H,(H,20,22). The lowest BCUT2D eigenvalue weighted by Crippen LogP contribution is -2.11. The first-order valence-corrected chi connectivity index (χ1v) is 7.81. The number of carbonyl (C=O) groups is 1. The number of nitro benzene ring substituents is 1. The van der Waals surface area contributed by atoms with Crippen molar-refractivity contribution < 1.29 is 14.1 Å². The second kappa shape index (κ2) is 6.96. The average Bonchev–Trinajstić information content (AvgIpc) is 3.07. The zero-order chi connectivity index (χ0) is 18.0. The van der Waals surface area contributed by atoms with Crippen LogP contribution in [-0.4, -0.2) is 10.8 Å². The smallest absolute Gasteiger partial charge is 0.291 e. The van der Waals surface area contributed by atoms with Crippen molar-refractivity contribution in [2.75, 3.05) is 5.32 Å². The van der Waals surface area contributed by atoms with Crippen LogP contribution in [0.3, 0.4) is 0 Å². The van der Waals surface area contributed by atoms with Crippen molar-refractivity contribution in [2.24, 2.45) is 0 Å². The van der Waals surface area contributed by atoms with E-state index in [1.165, 1.54) is 24.3 Å². The van der Waals surface area contributed by atoms with Crippen LogP contribution in [0.5, 0.6) is 0 Å². The van der Waals surface area contributed by atoms with Gasteiger partial charge in [0.2, 0.25) is 0 Å². The highest BCUT2D eigenvalue weighted by Crippen LogP contribution is 2.28. The van der Waals surface area contributed by atoms with Crippen molar-refractivity contribution in [1.29, 1.82) is 0 Å². The fourth-order valence-electron chi connectivity index (χ4n) is 2.16. The average molecular weight is 377 g/mol. The first-order valence-electron chi connectivity index (χ1n) is 7.05. The summed E-state index contributed by atoms with van der Waals surface area (Å²) in [4.78, 5) is 22.6. The summed E-state index contributed by atoms with van der Waals surface area (Å²) >= 11 is 11.8. The van der Waals surface area contributed by atoms with Crippen LogP contribution in [0.25, 0.3) is 11.3 Å². The van der Waals surface area contributed by atoms with Gasteiger partial charge in [0.25, 0.3) is 11.6 Å². The lowest BCUT2D eigenvalue weighted by atomic mass is 10.1. The molecule has 126 valence electrons. The lowest BCUT2D eigenvalue weighted by Gasteiger charge is -2.05. The number of amides is 1. The van der Waals surface area contributed by atoms with E-state index in [1.54, 1.807) is 30.3 Å². The van der Waals surface area contributed by atoms with Gasteiger partial charge >= 0.3 is 0 Å². The van der Waals surface area contributed by atoms with Crippen molar-refractivity contribution in [3.63, 3.8) is 0 Å². The van der Waals surface area contributed by atoms with Gasteiger partial charge in [0, 0.05) is 22.7 Å². The van der Waals surface area contributed by atoms with Crippen LogP contribution in [0.4, 0.5) is 11.4 Å². The van der Waals surface area contributed by atoms with Gasteiger partial charge in [0.05, 0.1) is 15.6 Å². The summed E-state index contributed by atoms with van der Waals surface area (Å²) < 4.78 is 5.50.